The molecule has 3 nitrogen and oxygen atoms in total. The zero-order valence-electron chi connectivity index (χ0n) is 10.3. The van der Waals surface area contributed by atoms with Crippen LogP contribution in [-0.2, 0) is 4.79 Å². The second-order valence-electron chi connectivity index (χ2n) is 4.44. The van der Waals surface area contributed by atoms with Crippen LogP contribution in [0.3, 0.4) is 0 Å². The van der Waals surface area contributed by atoms with Crippen molar-refractivity contribution >= 4 is 23.0 Å². The van der Waals surface area contributed by atoms with Gasteiger partial charge in [-0.1, -0.05) is 17.7 Å². The number of fused-ring (bicyclic) bond motifs is 1. The highest BCUT2D eigenvalue weighted by Gasteiger charge is 2.25. The van der Waals surface area contributed by atoms with Gasteiger partial charge in [-0.3, -0.25) is 4.79 Å². The lowest BCUT2D eigenvalue weighted by Gasteiger charge is -2.00. The van der Waals surface area contributed by atoms with E-state index in [1.54, 1.807) is 12.1 Å². The highest BCUT2D eigenvalue weighted by atomic mass is 19.1. The van der Waals surface area contributed by atoms with Gasteiger partial charge >= 0.3 is 0 Å². The minimum Gasteiger partial charge on any atom is -0.320 e. The van der Waals surface area contributed by atoms with E-state index in [4.69, 9.17) is 0 Å². The zero-order valence-corrected chi connectivity index (χ0v) is 10.3. The summed E-state index contributed by atoms with van der Waals surface area (Å²) in [6.45, 7) is 1.95. The van der Waals surface area contributed by atoms with Gasteiger partial charge in [-0.05, 0) is 37.3 Å². The van der Waals surface area contributed by atoms with Gasteiger partial charge in [-0.25, -0.2) is 9.38 Å². The van der Waals surface area contributed by atoms with E-state index in [0.29, 0.717) is 11.4 Å². The Morgan fingerprint density at radius 1 is 1.16 bits per heavy atom. The second-order valence-corrected chi connectivity index (χ2v) is 4.44. The lowest BCUT2D eigenvalue weighted by molar-refractivity contribution is -0.110. The number of nitrogens with zero attached hydrogens (tertiary/aromatic N) is 1. The van der Waals surface area contributed by atoms with E-state index in [-0.39, 0.29) is 11.7 Å². The Bertz CT molecular complexity index is 707. The lowest BCUT2D eigenvalue weighted by atomic mass is 10.1. The number of aliphatic imine (C=N–C) groups is 1. The minimum atomic E-state index is -0.371. The number of benzene rings is 2. The van der Waals surface area contributed by atoms with Crippen molar-refractivity contribution in [3.8, 4) is 0 Å². The number of carbonyl (C=O) groups excluding carboxylic acids is 1. The van der Waals surface area contributed by atoms with E-state index >= 15 is 0 Å². The first kappa shape index (κ1) is 11.6. The van der Waals surface area contributed by atoms with Gasteiger partial charge in [0, 0.05) is 5.56 Å². The second kappa shape index (κ2) is 4.31. The lowest BCUT2D eigenvalue weighted by Crippen LogP contribution is -2.13. The Balaban J connectivity index is 2.11. The van der Waals surface area contributed by atoms with Crippen molar-refractivity contribution in [2.45, 2.75) is 6.92 Å². The SMILES string of the molecule is Cc1ccc2c(c1)C(=Nc1cccc(F)c1)C(=O)N2. The summed E-state index contributed by atoms with van der Waals surface area (Å²) in [4.78, 5) is 16.1. The van der Waals surface area contributed by atoms with Gasteiger partial charge in [0.05, 0.1) is 11.4 Å². The molecule has 0 saturated carbocycles. The quantitative estimate of drug-likeness (QED) is 0.834. The molecule has 0 fully saturated rings. The van der Waals surface area contributed by atoms with Gasteiger partial charge in [0.25, 0.3) is 5.91 Å². The molecule has 0 saturated heterocycles. The molecule has 0 radical (unpaired) electrons. The van der Waals surface area contributed by atoms with Gasteiger partial charge in [0.15, 0.2) is 0 Å². The molecule has 0 aromatic heterocycles. The Kier molecular flexibility index (Phi) is 2.63. The van der Waals surface area contributed by atoms with Crippen LogP contribution in [0.15, 0.2) is 47.5 Å². The molecule has 1 amide bonds. The number of nitrogens with one attached hydrogen (secondary N) is 1. The maximum atomic E-state index is 13.1. The van der Waals surface area contributed by atoms with Crippen LogP contribution < -0.4 is 5.32 Å². The van der Waals surface area contributed by atoms with Crippen molar-refractivity contribution in [3.63, 3.8) is 0 Å². The molecule has 94 valence electrons. The molecule has 1 N–H and O–H groups in total. The van der Waals surface area contributed by atoms with Crippen molar-refractivity contribution in [2.75, 3.05) is 5.32 Å². The summed E-state index contributed by atoms with van der Waals surface area (Å²) in [7, 11) is 0. The van der Waals surface area contributed by atoms with Crippen LogP contribution in [0, 0.1) is 12.7 Å². The Hall–Kier alpha value is -2.49. The topological polar surface area (TPSA) is 41.5 Å². The number of rotatable bonds is 1. The molecule has 0 aliphatic carbocycles. The molecule has 0 spiro atoms. The average molecular weight is 254 g/mol. The largest absolute Gasteiger partial charge is 0.320 e. The van der Waals surface area contributed by atoms with Gasteiger partial charge in [-0.15, -0.1) is 0 Å². The third-order valence-corrected chi connectivity index (χ3v) is 2.94. The fraction of sp³-hybridized carbons (Fsp3) is 0.0667. The highest BCUT2D eigenvalue weighted by molar-refractivity contribution is 6.54. The Morgan fingerprint density at radius 2 is 2.00 bits per heavy atom. The maximum Gasteiger partial charge on any atom is 0.275 e. The third-order valence-electron chi connectivity index (χ3n) is 2.94. The van der Waals surface area contributed by atoms with Crippen LogP contribution in [0.25, 0.3) is 0 Å². The summed E-state index contributed by atoms with van der Waals surface area (Å²) in [5.74, 6) is -0.630. The van der Waals surface area contributed by atoms with Crippen LogP contribution >= 0.6 is 0 Å². The van der Waals surface area contributed by atoms with Crippen LogP contribution in [0.4, 0.5) is 15.8 Å². The normalized spacial score (nSPS) is 15.5. The van der Waals surface area contributed by atoms with E-state index in [1.807, 2.05) is 25.1 Å². The summed E-state index contributed by atoms with van der Waals surface area (Å²) in [5.41, 5.74) is 3.30. The molecule has 0 bridgehead atoms. The van der Waals surface area contributed by atoms with Gasteiger partial charge < -0.3 is 5.32 Å². The summed E-state index contributed by atoms with van der Waals surface area (Å²) < 4.78 is 13.1. The zero-order chi connectivity index (χ0) is 13.4. The predicted molar refractivity (Wildman–Crippen MR) is 72.4 cm³/mol. The molecule has 1 heterocycles. The monoisotopic (exact) mass is 254 g/mol. The summed E-state index contributed by atoms with van der Waals surface area (Å²) in [5, 5.41) is 2.75. The summed E-state index contributed by atoms with van der Waals surface area (Å²) in [6, 6.07) is 11.5. The number of aryl methyl sites for hydroxylation is 1. The Labute approximate surface area is 109 Å². The van der Waals surface area contributed by atoms with E-state index in [2.05, 4.69) is 10.3 Å². The van der Waals surface area contributed by atoms with E-state index in [1.165, 1.54) is 12.1 Å². The van der Waals surface area contributed by atoms with Crippen LogP contribution in [0.2, 0.25) is 0 Å². The summed E-state index contributed by atoms with van der Waals surface area (Å²) in [6.07, 6.45) is 0. The first-order valence-corrected chi connectivity index (χ1v) is 5.90. The number of anilines is 1. The predicted octanol–water partition coefficient (Wildman–Crippen LogP) is 3.21. The fourth-order valence-electron chi connectivity index (χ4n) is 2.05. The first-order chi connectivity index (χ1) is 9.13. The van der Waals surface area contributed by atoms with Crippen molar-refractivity contribution in [1.82, 2.24) is 0 Å². The molecule has 2 aromatic carbocycles. The third kappa shape index (κ3) is 2.12. The molecule has 1 aliphatic rings. The van der Waals surface area contributed by atoms with Gasteiger partial charge in [0.1, 0.15) is 11.5 Å². The molecular weight excluding hydrogens is 243 g/mol. The van der Waals surface area contributed by atoms with Crippen molar-refractivity contribution in [2.24, 2.45) is 4.99 Å². The molecule has 0 atom stereocenters. The smallest absolute Gasteiger partial charge is 0.275 e. The number of hydrogen-bond acceptors (Lipinski definition) is 2. The molecule has 2 aromatic rings. The van der Waals surface area contributed by atoms with Crippen molar-refractivity contribution in [3.05, 3.63) is 59.4 Å². The molecule has 4 heteroatoms. The Morgan fingerprint density at radius 3 is 2.79 bits per heavy atom. The average Bonchev–Trinajstić information content (AvgIpc) is 2.66. The first-order valence-electron chi connectivity index (χ1n) is 5.90. The molecule has 1 aliphatic heterocycles. The van der Waals surface area contributed by atoms with Crippen molar-refractivity contribution < 1.29 is 9.18 Å². The van der Waals surface area contributed by atoms with Crippen LogP contribution in [-0.4, -0.2) is 11.6 Å². The standard InChI is InChI=1S/C15H11FN2O/c1-9-5-6-13-12(7-9)14(15(19)18-13)17-11-4-2-3-10(16)8-11/h2-8H,1H3,(H,17,18,19). The number of carbonyl (C=O) groups is 1. The van der Waals surface area contributed by atoms with Crippen LogP contribution in [0.5, 0.6) is 0 Å². The maximum absolute atomic E-state index is 13.1. The van der Waals surface area contributed by atoms with E-state index in [0.717, 1.165) is 16.8 Å². The van der Waals surface area contributed by atoms with Gasteiger partial charge in [-0.2, -0.15) is 0 Å². The van der Waals surface area contributed by atoms with Crippen LogP contribution in [0.1, 0.15) is 11.1 Å². The van der Waals surface area contributed by atoms with Gasteiger partial charge in [0.2, 0.25) is 0 Å². The van der Waals surface area contributed by atoms with Crippen molar-refractivity contribution in [1.29, 1.82) is 0 Å². The number of halogens is 1. The van der Waals surface area contributed by atoms with E-state index in [9.17, 15) is 9.18 Å². The highest BCUT2D eigenvalue weighted by Crippen LogP contribution is 2.26. The number of hydrogen-bond donors (Lipinski definition) is 1. The number of amides is 1. The summed E-state index contributed by atoms with van der Waals surface area (Å²) >= 11 is 0. The molecular formula is C15H11FN2O. The minimum absolute atomic E-state index is 0.259. The molecule has 19 heavy (non-hydrogen) atoms. The van der Waals surface area contributed by atoms with E-state index < -0.39 is 0 Å². The fourth-order valence-corrected chi connectivity index (χ4v) is 2.05. The molecule has 3 rings (SSSR count). The molecule has 0 unspecified atom stereocenters.